The molecule has 0 aromatic heterocycles. The second-order valence-corrected chi connectivity index (χ2v) is 6.29. The highest BCUT2D eigenvalue weighted by atomic mass is 127. The molecule has 106 valence electrons. The van der Waals surface area contributed by atoms with E-state index in [1.165, 1.54) is 0 Å². The third kappa shape index (κ3) is 6.13. The topological polar surface area (TPSA) is 47.6 Å². The average molecular weight is 377 g/mol. The quantitative estimate of drug-likeness (QED) is 0.739. The van der Waals surface area contributed by atoms with Gasteiger partial charge in [-0.3, -0.25) is 5.32 Å². The Labute approximate surface area is 128 Å². The molecule has 1 aliphatic rings. The van der Waals surface area contributed by atoms with Crippen LogP contribution in [-0.2, 0) is 9.47 Å². The lowest BCUT2D eigenvalue weighted by atomic mass is 10.2. The number of nitrogens with one attached hydrogen (secondary N) is 1. The molecule has 4 nitrogen and oxygen atoms in total. The smallest absolute Gasteiger partial charge is 0.412 e. The number of hydrogen-bond donors (Lipinski definition) is 1. The Morgan fingerprint density at radius 3 is 2.53 bits per heavy atom. The highest BCUT2D eigenvalue weighted by molar-refractivity contribution is 14.1. The first-order chi connectivity index (χ1) is 8.81. The molecule has 0 bridgehead atoms. The van der Waals surface area contributed by atoms with Gasteiger partial charge in [-0.25, -0.2) is 4.79 Å². The largest absolute Gasteiger partial charge is 0.497 e. The molecule has 0 unspecified atom stereocenters. The summed E-state index contributed by atoms with van der Waals surface area (Å²) in [5.74, 6) is 0.806. The Balaban J connectivity index is 2.77. The van der Waals surface area contributed by atoms with Gasteiger partial charge in [0.1, 0.15) is 11.4 Å². The molecule has 0 atom stereocenters. The van der Waals surface area contributed by atoms with E-state index in [4.69, 9.17) is 9.47 Å². The summed E-state index contributed by atoms with van der Waals surface area (Å²) in [6.07, 6.45) is 7.19. The van der Waals surface area contributed by atoms with Crippen LogP contribution in [-0.4, -0.2) is 18.8 Å². The van der Waals surface area contributed by atoms with Gasteiger partial charge in [0.2, 0.25) is 0 Å². The molecule has 0 radical (unpaired) electrons. The molecule has 19 heavy (non-hydrogen) atoms. The number of halogens is 1. The summed E-state index contributed by atoms with van der Waals surface area (Å²) < 4.78 is 11.4. The average Bonchev–Trinajstić information content (AvgIpc) is 2.26. The summed E-state index contributed by atoms with van der Waals surface area (Å²) in [6, 6.07) is 0. The maximum Gasteiger partial charge on any atom is 0.412 e. The highest BCUT2D eigenvalue weighted by Gasteiger charge is 2.18. The molecule has 0 aromatic carbocycles. The fourth-order valence-electron chi connectivity index (χ4n) is 1.48. The zero-order valence-corrected chi connectivity index (χ0v) is 13.9. The summed E-state index contributed by atoms with van der Waals surface area (Å²) in [4.78, 5) is 11.8. The van der Waals surface area contributed by atoms with Gasteiger partial charge in [0.15, 0.2) is 0 Å². The Kier molecular flexibility index (Phi) is 5.90. The van der Waals surface area contributed by atoms with Crippen molar-refractivity contribution in [3.63, 3.8) is 0 Å². The van der Waals surface area contributed by atoms with Crippen molar-refractivity contribution in [2.75, 3.05) is 7.11 Å². The summed E-state index contributed by atoms with van der Waals surface area (Å²) in [7, 11) is 1.64. The van der Waals surface area contributed by atoms with E-state index in [0.29, 0.717) is 0 Å². The summed E-state index contributed by atoms with van der Waals surface area (Å²) in [5, 5.41) is 2.78. The van der Waals surface area contributed by atoms with Gasteiger partial charge in [-0.15, -0.1) is 0 Å². The summed E-state index contributed by atoms with van der Waals surface area (Å²) in [6.45, 7) is 5.52. The minimum atomic E-state index is -0.501. The van der Waals surface area contributed by atoms with Crippen molar-refractivity contribution in [2.24, 2.45) is 0 Å². The van der Waals surface area contributed by atoms with Crippen molar-refractivity contribution in [3.05, 3.63) is 33.3 Å². The zero-order chi connectivity index (χ0) is 14.5. The maximum absolute atomic E-state index is 11.8. The molecule has 0 spiro atoms. The van der Waals surface area contributed by atoms with Crippen molar-refractivity contribution < 1.29 is 14.3 Å². The van der Waals surface area contributed by atoms with Gasteiger partial charge < -0.3 is 9.47 Å². The van der Waals surface area contributed by atoms with Crippen LogP contribution < -0.4 is 5.32 Å². The minimum Gasteiger partial charge on any atom is -0.497 e. The van der Waals surface area contributed by atoms with Gasteiger partial charge in [-0.05, 0) is 68.4 Å². The zero-order valence-electron chi connectivity index (χ0n) is 11.7. The molecule has 1 aliphatic carbocycles. The molecule has 0 aliphatic heterocycles. The molecule has 0 heterocycles. The molecular weight excluding hydrogens is 357 g/mol. The van der Waals surface area contributed by atoms with Crippen molar-refractivity contribution in [3.8, 4) is 0 Å². The number of allylic oxidation sites excluding steroid dienone is 4. The number of rotatable bonds is 2. The third-order valence-electron chi connectivity index (χ3n) is 2.26. The first-order valence-corrected chi connectivity index (χ1v) is 7.21. The Hall–Kier alpha value is -0.980. The number of methoxy groups -OCH3 is 1. The number of carbonyl (C=O) groups excluding carboxylic acids is 1. The van der Waals surface area contributed by atoms with Crippen LogP contribution >= 0.6 is 22.6 Å². The van der Waals surface area contributed by atoms with E-state index >= 15 is 0 Å². The van der Waals surface area contributed by atoms with Crippen LogP contribution in [0, 0.1) is 0 Å². The predicted octanol–water partition coefficient (Wildman–Crippen LogP) is 4.04. The number of alkyl carbamates (subject to hydrolysis) is 1. The minimum absolute atomic E-state index is 0.440. The van der Waals surface area contributed by atoms with Gasteiger partial charge in [0, 0.05) is 3.58 Å². The van der Waals surface area contributed by atoms with E-state index in [1.54, 1.807) is 7.11 Å². The van der Waals surface area contributed by atoms with E-state index in [1.807, 2.05) is 39.0 Å². The standard InChI is InChI=1S/C14H20INO3/c1-14(2,3)19-13(17)16-12-8-6-5-7-10(18-4)9-11(12)15/h7-9H,5-6H2,1-4H3,(H,16,17)/b10-7+,11-9+,12-8-. The molecule has 5 heteroatoms. The van der Waals surface area contributed by atoms with Gasteiger partial charge in [-0.2, -0.15) is 0 Å². The lowest BCUT2D eigenvalue weighted by Gasteiger charge is -2.21. The van der Waals surface area contributed by atoms with E-state index < -0.39 is 11.7 Å². The van der Waals surface area contributed by atoms with Gasteiger partial charge in [0.25, 0.3) is 0 Å². The Morgan fingerprint density at radius 2 is 1.95 bits per heavy atom. The first kappa shape index (κ1) is 16.1. The molecule has 0 fully saturated rings. The van der Waals surface area contributed by atoms with Crippen LogP contribution in [0.2, 0.25) is 0 Å². The molecule has 0 saturated carbocycles. The normalized spacial score (nSPS) is 24.6. The molecular formula is C14H20INO3. The number of amides is 1. The number of ether oxygens (including phenoxy) is 2. The van der Waals surface area contributed by atoms with Crippen LogP contribution in [0.5, 0.6) is 0 Å². The molecule has 0 aromatic rings. The third-order valence-corrected chi connectivity index (χ3v) is 3.15. The first-order valence-electron chi connectivity index (χ1n) is 6.13. The van der Waals surface area contributed by atoms with Crippen molar-refractivity contribution in [1.82, 2.24) is 5.32 Å². The van der Waals surface area contributed by atoms with E-state index in [0.717, 1.165) is 27.9 Å². The number of carbonyl (C=O) groups is 1. The highest BCUT2D eigenvalue weighted by Crippen LogP contribution is 2.22. The second-order valence-electron chi connectivity index (χ2n) is 5.12. The Morgan fingerprint density at radius 1 is 1.32 bits per heavy atom. The van der Waals surface area contributed by atoms with Gasteiger partial charge in [0.05, 0.1) is 12.8 Å². The fourth-order valence-corrected chi connectivity index (χ4v) is 2.14. The lowest BCUT2D eigenvalue weighted by molar-refractivity contribution is 0.0547. The van der Waals surface area contributed by atoms with E-state index in [2.05, 4.69) is 27.9 Å². The van der Waals surface area contributed by atoms with Crippen molar-refractivity contribution in [2.45, 2.75) is 39.2 Å². The monoisotopic (exact) mass is 377 g/mol. The van der Waals surface area contributed by atoms with Crippen LogP contribution in [0.3, 0.4) is 0 Å². The molecule has 1 rings (SSSR count). The predicted molar refractivity (Wildman–Crippen MR) is 83.9 cm³/mol. The molecule has 0 saturated heterocycles. The van der Waals surface area contributed by atoms with Gasteiger partial charge >= 0.3 is 6.09 Å². The number of hydrogen-bond acceptors (Lipinski definition) is 3. The van der Waals surface area contributed by atoms with Crippen molar-refractivity contribution in [1.29, 1.82) is 0 Å². The SMILES string of the molecule is COC1=C/CC/C=C(NC(=O)OC(C)(C)C)/C(I)=C\1. The van der Waals surface area contributed by atoms with E-state index in [-0.39, 0.29) is 0 Å². The van der Waals surface area contributed by atoms with Crippen LogP contribution in [0.25, 0.3) is 0 Å². The second kappa shape index (κ2) is 6.98. The molecule has 1 N–H and O–H groups in total. The van der Waals surface area contributed by atoms with Crippen molar-refractivity contribution >= 4 is 28.7 Å². The van der Waals surface area contributed by atoms with Crippen LogP contribution in [0.15, 0.2) is 33.3 Å². The molecule has 1 amide bonds. The van der Waals surface area contributed by atoms with E-state index in [9.17, 15) is 4.79 Å². The van der Waals surface area contributed by atoms with Crippen LogP contribution in [0.1, 0.15) is 33.6 Å². The van der Waals surface area contributed by atoms with Gasteiger partial charge in [-0.1, -0.05) is 6.08 Å². The Bertz CT molecular complexity index is 430. The van der Waals surface area contributed by atoms with Crippen LogP contribution in [0.4, 0.5) is 4.79 Å². The lowest BCUT2D eigenvalue weighted by Crippen LogP contribution is -2.32. The summed E-state index contributed by atoms with van der Waals surface area (Å²) >= 11 is 2.17. The maximum atomic E-state index is 11.8. The summed E-state index contributed by atoms with van der Waals surface area (Å²) in [5.41, 5.74) is 0.261. The fraction of sp³-hybridized carbons (Fsp3) is 0.500.